The molecule has 0 radical (unpaired) electrons. The Labute approximate surface area is 99.7 Å². The standard InChI is InChI=1S/C13H16FN3/c14-11-1-2-12-13(7-11)17(9-16-12)8-10-3-5-15-6-4-10/h1-2,7,9-10,15H,3-6,8H2. The highest BCUT2D eigenvalue weighted by Crippen LogP contribution is 2.19. The zero-order valence-electron chi connectivity index (χ0n) is 9.69. The maximum absolute atomic E-state index is 13.2. The van der Waals surface area contributed by atoms with Crippen molar-refractivity contribution >= 4 is 11.0 Å². The number of hydrogen-bond donors (Lipinski definition) is 1. The lowest BCUT2D eigenvalue weighted by Gasteiger charge is -2.23. The number of hydrogen-bond acceptors (Lipinski definition) is 2. The molecule has 0 amide bonds. The van der Waals surface area contributed by atoms with Gasteiger partial charge in [0, 0.05) is 6.54 Å². The summed E-state index contributed by atoms with van der Waals surface area (Å²) in [5, 5.41) is 3.36. The largest absolute Gasteiger partial charge is 0.330 e. The Balaban J connectivity index is 1.86. The molecule has 0 aliphatic carbocycles. The molecule has 0 saturated carbocycles. The van der Waals surface area contributed by atoms with Crippen LogP contribution in [0, 0.1) is 11.7 Å². The number of aromatic nitrogens is 2. The summed E-state index contributed by atoms with van der Waals surface area (Å²) in [5.41, 5.74) is 1.78. The number of halogens is 1. The van der Waals surface area contributed by atoms with Crippen LogP contribution in [0.5, 0.6) is 0 Å². The SMILES string of the molecule is Fc1ccc2ncn(CC3CCNCC3)c2c1. The average Bonchev–Trinajstić information content (AvgIpc) is 2.73. The van der Waals surface area contributed by atoms with Crippen LogP contribution in [0.15, 0.2) is 24.5 Å². The van der Waals surface area contributed by atoms with Crippen LogP contribution in [0.3, 0.4) is 0 Å². The minimum Gasteiger partial charge on any atom is -0.330 e. The first-order valence-electron chi connectivity index (χ1n) is 6.14. The number of benzene rings is 1. The second kappa shape index (κ2) is 4.45. The van der Waals surface area contributed by atoms with Crippen molar-refractivity contribution < 1.29 is 4.39 Å². The Hall–Kier alpha value is -1.42. The molecule has 4 heteroatoms. The molecule has 3 nitrogen and oxygen atoms in total. The highest BCUT2D eigenvalue weighted by Gasteiger charge is 2.14. The van der Waals surface area contributed by atoms with Crippen molar-refractivity contribution in [3.8, 4) is 0 Å². The number of imidazole rings is 1. The molecule has 0 unspecified atom stereocenters. The van der Waals surface area contributed by atoms with Gasteiger partial charge in [0.25, 0.3) is 0 Å². The van der Waals surface area contributed by atoms with Gasteiger partial charge in [-0.3, -0.25) is 0 Å². The molecule has 90 valence electrons. The first-order valence-corrected chi connectivity index (χ1v) is 6.14. The molecule has 2 aromatic rings. The fraction of sp³-hybridized carbons (Fsp3) is 0.462. The minimum absolute atomic E-state index is 0.190. The molecule has 17 heavy (non-hydrogen) atoms. The van der Waals surface area contributed by atoms with Crippen LogP contribution in [-0.4, -0.2) is 22.6 Å². The van der Waals surface area contributed by atoms with E-state index in [1.54, 1.807) is 12.1 Å². The van der Waals surface area contributed by atoms with Gasteiger partial charge in [-0.2, -0.15) is 0 Å². The predicted octanol–water partition coefficient (Wildman–Crippen LogP) is 2.17. The van der Waals surface area contributed by atoms with Crippen LogP contribution in [0.2, 0.25) is 0 Å². The summed E-state index contributed by atoms with van der Waals surface area (Å²) >= 11 is 0. The molecule has 1 aliphatic rings. The van der Waals surface area contributed by atoms with Crippen LogP contribution < -0.4 is 5.32 Å². The molecule has 1 aliphatic heterocycles. The summed E-state index contributed by atoms with van der Waals surface area (Å²) in [4.78, 5) is 4.31. The maximum Gasteiger partial charge on any atom is 0.125 e. The van der Waals surface area contributed by atoms with E-state index in [2.05, 4.69) is 14.9 Å². The van der Waals surface area contributed by atoms with Gasteiger partial charge in [0.2, 0.25) is 0 Å². The first-order chi connectivity index (χ1) is 8.33. The summed E-state index contributed by atoms with van der Waals surface area (Å²) in [6.45, 7) is 3.12. The van der Waals surface area contributed by atoms with Crippen molar-refractivity contribution in [1.29, 1.82) is 0 Å². The van der Waals surface area contributed by atoms with E-state index in [1.165, 1.54) is 18.9 Å². The molecule has 2 heterocycles. The molecule has 0 bridgehead atoms. The Morgan fingerprint density at radius 1 is 1.35 bits per heavy atom. The van der Waals surface area contributed by atoms with Crippen molar-refractivity contribution in [2.24, 2.45) is 5.92 Å². The van der Waals surface area contributed by atoms with Gasteiger partial charge in [-0.1, -0.05) is 0 Å². The van der Waals surface area contributed by atoms with E-state index in [-0.39, 0.29) is 5.82 Å². The normalized spacial score (nSPS) is 17.7. The van der Waals surface area contributed by atoms with Gasteiger partial charge >= 0.3 is 0 Å². The lowest BCUT2D eigenvalue weighted by Crippen LogP contribution is -2.29. The number of fused-ring (bicyclic) bond motifs is 1. The van der Waals surface area contributed by atoms with E-state index in [0.717, 1.165) is 30.7 Å². The van der Waals surface area contributed by atoms with Gasteiger partial charge < -0.3 is 9.88 Å². The van der Waals surface area contributed by atoms with Gasteiger partial charge in [-0.05, 0) is 50.0 Å². The number of piperidine rings is 1. The molecular weight excluding hydrogens is 217 g/mol. The van der Waals surface area contributed by atoms with Crippen LogP contribution in [0.4, 0.5) is 4.39 Å². The summed E-state index contributed by atoms with van der Waals surface area (Å²) in [6, 6.07) is 4.78. The monoisotopic (exact) mass is 233 g/mol. The van der Waals surface area contributed by atoms with Crippen molar-refractivity contribution in [2.75, 3.05) is 13.1 Å². The zero-order chi connectivity index (χ0) is 11.7. The van der Waals surface area contributed by atoms with Crippen LogP contribution in [0.25, 0.3) is 11.0 Å². The van der Waals surface area contributed by atoms with Crippen LogP contribution >= 0.6 is 0 Å². The Morgan fingerprint density at radius 2 is 2.18 bits per heavy atom. The lowest BCUT2D eigenvalue weighted by atomic mass is 9.98. The fourth-order valence-corrected chi connectivity index (χ4v) is 2.52. The maximum atomic E-state index is 13.2. The Bertz CT molecular complexity index is 514. The Kier molecular flexibility index (Phi) is 2.81. The summed E-state index contributed by atoms with van der Waals surface area (Å²) in [5.74, 6) is 0.487. The fourth-order valence-electron chi connectivity index (χ4n) is 2.52. The molecule has 1 aromatic carbocycles. The van der Waals surface area contributed by atoms with E-state index in [9.17, 15) is 4.39 Å². The molecular formula is C13H16FN3. The molecule has 0 atom stereocenters. The predicted molar refractivity (Wildman–Crippen MR) is 65.3 cm³/mol. The second-order valence-corrected chi connectivity index (χ2v) is 4.72. The summed E-state index contributed by atoms with van der Waals surface area (Å²) in [7, 11) is 0. The van der Waals surface area contributed by atoms with Gasteiger partial charge in [-0.25, -0.2) is 9.37 Å². The quantitative estimate of drug-likeness (QED) is 0.861. The molecule has 1 fully saturated rings. The third-order valence-electron chi connectivity index (χ3n) is 3.50. The van der Waals surface area contributed by atoms with E-state index in [1.807, 2.05) is 6.33 Å². The number of rotatable bonds is 2. The van der Waals surface area contributed by atoms with Gasteiger partial charge in [0.05, 0.1) is 17.4 Å². The Morgan fingerprint density at radius 3 is 3.00 bits per heavy atom. The molecule has 3 rings (SSSR count). The topological polar surface area (TPSA) is 29.9 Å². The first kappa shape index (κ1) is 10.7. The van der Waals surface area contributed by atoms with Crippen molar-refractivity contribution in [3.05, 3.63) is 30.3 Å². The minimum atomic E-state index is -0.190. The van der Waals surface area contributed by atoms with Crippen LogP contribution in [0.1, 0.15) is 12.8 Å². The summed E-state index contributed by atoms with van der Waals surface area (Å²) in [6.07, 6.45) is 4.20. The van der Waals surface area contributed by atoms with Crippen molar-refractivity contribution in [3.63, 3.8) is 0 Å². The van der Waals surface area contributed by atoms with Gasteiger partial charge in [-0.15, -0.1) is 0 Å². The van der Waals surface area contributed by atoms with E-state index in [4.69, 9.17) is 0 Å². The number of nitrogens with one attached hydrogen (secondary N) is 1. The molecule has 0 spiro atoms. The van der Waals surface area contributed by atoms with E-state index in [0.29, 0.717) is 5.92 Å². The highest BCUT2D eigenvalue weighted by molar-refractivity contribution is 5.75. The second-order valence-electron chi connectivity index (χ2n) is 4.72. The third kappa shape index (κ3) is 2.17. The average molecular weight is 233 g/mol. The van der Waals surface area contributed by atoms with E-state index < -0.39 is 0 Å². The summed E-state index contributed by atoms with van der Waals surface area (Å²) < 4.78 is 15.3. The molecule has 1 N–H and O–H groups in total. The van der Waals surface area contributed by atoms with E-state index >= 15 is 0 Å². The van der Waals surface area contributed by atoms with Crippen LogP contribution in [-0.2, 0) is 6.54 Å². The van der Waals surface area contributed by atoms with Gasteiger partial charge in [0.1, 0.15) is 5.82 Å². The third-order valence-corrected chi connectivity index (χ3v) is 3.50. The van der Waals surface area contributed by atoms with Crippen molar-refractivity contribution in [2.45, 2.75) is 19.4 Å². The van der Waals surface area contributed by atoms with Gasteiger partial charge in [0.15, 0.2) is 0 Å². The zero-order valence-corrected chi connectivity index (χ0v) is 9.69. The highest BCUT2D eigenvalue weighted by atomic mass is 19.1. The van der Waals surface area contributed by atoms with Crippen molar-refractivity contribution in [1.82, 2.24) is 14.9 Å². The lowest BCUT2D eigenvalue weighted by molar-refractivity contribution is 0.336. The smallest absolute Gasteiger partial charge is 0.125 e. The molecule has 1 saturated heterocycles. The number of nitrogens with zero attached hydrogens (tertiary/aromatic N) is 2. The molecule has 1 aromatic heterocycles.